The van der Waals surface area contributed by atoms with Crippen molar-refractivity contribution in [1.82, 2.24) is 10.2 Å². The third-order valence-electron chi connectivity index (χ3n) is 12.0. The minimum atomic E-state index is -2.04. The fourth-order valence-electron chi connectivity index (χ4n) is 8.85. The van der Waals surface area contributed by atoms with Crippen molar-refractivity contribution in [3.63, 3.8) is 0 Å². The number of benzene rings is 1. The number of methoxy groups -OCH3 is 1. The van der Waals surface area contributed by atoms with Gasteiger partial charge in [-0.3, -0.25) is 24.0 Å². The Morgan fingerprint density at radius 2 is 1.56 bits per heavy atom. The Hall–Kier alpha value is -4.83. The first-order valence-electron chi connectivity index (χ1n) is 20.1. The predicted octanol–water partition coefficient (Wildman–Crippen LogP) is 5.09. The lowest BCUT2D eigenvalue weighted by atomic mass is 9.77. The largest absolute Gasteiger partial charge is 0.507 e. The number of hydrogen-bond donors (Lipinski definition) is 2. The highest BCUT2D eigenvalue weighted by atomic mass is 16.7. The molecule has 0 saturated carbocycles. The zero-order valence-corrected chi connectivity index (χ0v) is 35.6. The van der Waals surface area contributed by atoms with Crippen LogP contribution >= 0.6 is 0 Å². The van der Waals surface area contributed by atoms with Gasteiger partial charge in [-0.05, 0) is 33.8 Å². The molecule has 0 spiro atoms. The molecule has 5 heterocycles. The number of allylic oxidation sites excluding steroid dienone is 4. The van der Waals surface area contributed by atoms with E-state index in [9.17, 15) is 29.1 Å². The molecule has 1 aliphatic carbocycles. The van der Waals surface area contributed by atoms with E-state index in [1.807, 2.05) is 47.6 Å². The number of carbonyl (C=O) groups excluding carboxylic acids is 5. The van der Waals surface area contributed by atoms with Gasteiger partial charge in [0.25, 0.3) is 11.7 Å². The Kier molecular flexibility index (Phi) is 12.4. The van der Waals surface area contributed by atoms with E-state index < -0.39 is 76.3 Å². The summed E-state index contributed by atoms with van der Waals surface area (Å²) in [6, 6.07) is 0. The van der Waals surface area contributed by atoms with Gasteiger partial charge in [0.1, 0.15) is 29.0 Å². The Morgan fingerprint density at radius 3 is 2.20 bits per heavy atom. The van der Waals surface area contributed by atoms with Gasteiger partial charge in [0.2, 0.25) is 11.6 Å². The molecule has 15 heteroatoms. The number of fused-ring (bicyclic) bond motifs is 10. The molecule has 320 valence electrons. The van der Waals surface area contributed by atoms with Crippen LogP contribution in [0.15, 0.2) is 47.5 Å². The normalized spacial score (nSPS) is 34.6. The Morgan fingerprint density at radius 1 is 0.898 bits per heavy atom. The van der Waals surface area contributed by atoms with Crippen LogP contribution in [0.4, 0.5) is 0 Å². The van der Waals surface area contributed by atoms with Crippen LogP contribution in [0, 0.1) is 30.6 Å². The summed E-state index contributed by atoms with van der Waals surface area (Å²) < 4.78 is 42.6. The average Bonchev–Trinajstić information content (AvgIpc) is 3.45. The monoisotopic (exact) mass is 820 g/mol. The van der Waals surface area contributed by atoms with Crippen LogP contribution < -0.4 is 10.1 Å². The van der Waals surface area contributed by atoms with E-state index in [0.717, 1.165) is 0 Å². The van der Waals surface area contributed by atoms with Crippen molar-refractivity contribution < 1.29 is 62.2 Å². The van der Waals surface area contributed by atoms with Crippen molar-refractivity contribution in [3.8, 4) is 11.5 Å². The van der Waals surface area contributed by atoms with Crippen LogP contribution in [0.1, 0.15) is 99.0 Å². The second-order valence-electron chi connectivity index (χ2n) is 16.7. The molecule has 7 bridgehead atoms. The van der Waals surface area contributed by atoms with Crippen molar-refractivity contribution in [3.05, 3.63) is 69.8 Å². The summed E-state index contributed by atoms with van der Waals surface area (Å²) in [4.78, 5) is 71.8. The highest BCUT2D eigenvalue weighted by Crippen LogP contribution is 2.49. The summed E-state index contributed by atoms with van der Waals surface area (Å²) in [5.41, 5.74) is -1.20. The minimum Gasteiger partial charge on any atom is -0.507 e. The molecule has 15 nitrogen and oxygen atoms in total. The van der Waals surface area contributed by atoms with E-state index in [-0.39, 0.29) is 89.6 Å². The van der Waals surface area contributed by atoms with Crippen molar-refractivity contribution in [2.24, 2.45) is 23.7 Å². The molecule has 0 radical (unpaired) electrons. The van der Waals surface area contributed by atoms with Gasteiger partial charge >= 0.3 is 11.8 Å². The van der Waals surface area contributed by atoms with E-state index >= 15 is 0 Å². The highest BCUT2D eigenvalue weighted by molar-refractivity contribution is 6.32. The number of rotatable bonds is 3. The van der Waals surface area contributed by atoms with Gasteiger partial charge < -0.3 is 48.5 Å². The number of nitrogens with zero attached hydrogens (tertiary/aromatic N) is 1. The molecule has 5 aliphatic heterocycles. The van der Waals surface area contributed by atoms with Gasteiger partial charge in [0.05, 0.1) is 54.5 Å². The number of nitrogens with one attached hydrogen (secondary N) is 1. The van der Waals surface area contributed by atoms with Crippen LogP contribution in [0.3, 0.4) is 0 Å². The first kappa shape index (κ1) is 43.7. The molecular weight excluding hydrogens is 764 g/mol. The molecule has 1 aromatic carbocycles. The van der Waals surface area contributed by atoms with E-state index in [0.29, 0.717) is 0 Å². The zero-order chi connectivity index (χ0) is 43.3. The van der Waals surface area contributed by atoms with Gasteiger partial charge in [0, 0.05) is 68.9 Å². The minimum absolute atomic E-state index is 0.0290. The van der Waals surface area contributed by atoms with Crippen LogP contribution in [-0.2, 0) is 38.0 Å². The summed E-state index contributed by atoms with van der Waals surface area (Å²) in [5, 5.41) is 14.2. The van der Waals surface area contributed by atoms with Crippen molar-refractivity contribution in [2.75, 3.05) is 33.4 Å². The van der Waals surface area contributed by atoms with Crippen LogP contribution in [0.5, 0.6) is 11.5 Å². The number of ether oxygens (including phenoxy) is 7. The lowest BCUT2D eigenvalue weighted by Crippen LogP contribution is -2.56. The molecule has 1 amide bonds. The fourth-order valence-corrected chi connectivity index (χ4v) is 8.85. The standard InChI is InChI=1S/C44H56N2O13/c1-21-13-12-14-22(2)42(52)45-32-33(46-16-19-54-20-17-46)36(50)29-30(35(32)49)34(48)24(4)40-31(29)41(51)44(10,59-40)55-18-15-28(53-11)23(3)38(56-27(7)47)26(6)39-25(5)37(21)57-43(8,9)58-39/h12-15,18,21,23,25-26,28,37-39,48H,16-17,19-20H2,1-11H3,(H,45,52)/b13-12+,18-15+,22-14-/t21-,23-,25+,26+,28+,37+,38-,39-,44-/m0/s1. The summed E-state index contributed by atoms with van der Waals surface area (Å²) >= 11 is 0. The third kappa shape index (κ3) is 8.09. The molecule has 2 saturated heterocycles. The lowest BCUT2D eigenvalue weighted by Gasteiger charge is -2.50. The van der Waals surface area contributed by atoms with E-state index in [4.69, 9.17) is 33.2 Å². The van der Waals surface area contributed by atoms with Gasteiger partial charge in [-0.1, -0.05) is 45.9 Å². The molecule has 2 N–H and O–H groups in total. The molecule has 0 unspecified atom stereocenters. The number of esters is 1. The summed E-state index contributed by atoms with van der Waals surface area (Å²) in [5.74, 6) is -8.45. The molecule has 7 rings (SSSR count). The molecule has 9 atom stereocenters. The number of Topliss-reactive ketones (excluding diaryl/α,β-unsaturated/α-hetero) is 3. The predicted molar refractivity (Wildman–Crippen MR) is 212 cm³/mol. The molecule has 59 heavy (non-hydrogen) atoms. The summed E-state index contributed by atoms with van der Waals surface area (Å²) in [6.07, 6.45) is 5.85. The number of ketones is 3. The summed E-state index contributed by atoms with van der Waals surface area (Å²) in [7, 11) is 1.50. The second-order valence-corrected chi connectivity index (χ2v) is 16.7. The molecule has 6 aliphatic rings. The fraction of sp³-hybridized carbons (Fsp3) is 0.568. The van der Waals surface area contributed by atoms with Gasteiger partial charge in [-0.2, -0.15) is 0 Å². The smallest absolute Gasteiger partial charge is 0.312 e. The van der Waals surface area contributed by atoms with Crippen molar-refractivity contribution in [2.45, 2.75) is 105 Å². The van der Waals surface area contributed by atoms with Crippen molar-refractivity contribution >= 4 is 29.2 Å². The zero-order valence-electron chi connectivity index (χ0n) is 35.6. The van der Waals surface area contributed by atoms with Gasteiger partial charge in [-0.25, -0.2) is 0 Å². The number of aromatic hydroxyl groups is 1. The number of hydrogen-bond acceptors (Lipinski definition) is 14. The van der Waals surface area contributed by atoms with E-state index in [1.165, 1.54) is 34.1 Å². The maximum Gasteiger partial charge on any atom is 0.312 e. The molecular formula is C44H56N2O13. The van der Waals surface area contributed by atoms with Crippen LogP contribution in [-0.4, -0.2) is 109 Å². The topological polar surface area (TPSA) is 185 Å². The number of amides is 1. The first-order chi connectivity index (χ1) is 27.7. The SMILES string of the molecule is CO[C@@H]1/C=C/O[C@@]2(C)Oc3c(C)c(O)c4c(c3C2=O)C(=O)C(N2CCOCC2)=C(NC(=O)/C(C)=C\C=C\[C@H](C)[C@H]2OC(C)(C)O[C@H]([C@H](C)[C@@H](OC(C)=O)[C@H]1C)[C@@H]2C)C4=O. The van der Waals surface area contributed by atoms with Crippen LogP contribution in [0.2, 0.25) is 0 Å². The highest BCUT2D eigenvalue weighted by Gasteiger charge is 2.53. The summed E-state index contributed by atoms with van der Waals surface area (Å²) in [6.45, 7) is 18.2. The second kappa shape index (κ2) is 16.7. The molecule has 0 aromatic heterocycles. The Bertz CT molecular complexity index is 2040. The van der Waals surface area contributed by atoms with Gasteiger partial charge in [0.15, 0.2) is 5.79 Å². The van der Waals surface area contributed by atoms with E-state index in [1.54, 1.807) is 30.1 Å². The first-order valence-corrected chi connectivity index (χ1v) is 20.1. The maximum atomic E-state index is 14.7. The van der Waals surface area contributed by atoms with Crippen molar-refractivity contribution in [1.29, 1.82) is 0 Å². The number of carbonyl (C=O) groups is 5. The number of phenolic OH excluding ortho intramolecular Hbond substituents is 1. The van der Waals surface area contributed by atoms with Gasteiger partial charge in [-0.15, -0.1) is 0 Å². The average molecular weight is 821 g/mol. The lowest BCUT2D eigenvalue weighted by molar-refractivity contribution is -0.336. The number of phenols is 1. The number of morpholine rings is 1. The molecule has 2 fully saturated rings. The molecule has 1 aromatic rings. The Balaban J connectivity index is 1.50. The Labute approximate surface area is 344 Å². The maximum absolute atomic E-state index is 14.7. The van der Waals surface area contributed by atoms with Crippen LogP contribution in [0.25, 0.3) is 0 Å². The van der Waals surface area contributed by atoms with E-state index in [2.05, 4.69) is 5.32 Å². The quantitative estimate of drug-likeness (QED) is 0.385. The third-order valence-corrected chi connectivity index (χ3v) is 12.0.